The van der Waals surface area contributed by atoms with Gasteiger partial charge in [-0.25, -0.2) is 10.9 Å². The van der Waals surface area contributed by atoms with Gasteiger partial charge in [0, 0.05) is 33.1 Å². The van der Waals surface area contributed by atoms with Gasteiger partial charge in [-0.15, -0.1) is 0 Å². The number of benzene rings is 2. The van der Waals surface area contributed by atoms with Crippen molar-refractivity contribution in [2.24, 2.45) is 16.8 Å². The van der Waals surface area contributed by atoms with Crippen molar-refractivity contribution in [1.82, 2.24) is 15.4 Å². The molecule has 0 aliphatic rings. The summed E-state index contributed by atoms with van der Waals surface area (Å²) in [6, 6.07) is 13.3. The normalized spacial score (nSPS) is 11.7. The third kappa shape index (κ3) is 5.88. The lowest BCUT2D eigenvalue weighted by atomic mass is 10.2. The molecule has 0 aliphatic heterocycles. The third-order valence-corrected chi connectivity index (χ3v) is 5.63. The summed E-state index contributed by atoms with van der Waals surface area (Å²) >= 11 is 12.5. The van der Waals surface area contributed by atoms with Gasteiger partial charge in [-0.1, -0.05) is 34.4 Å². The molecule has 0 atom stereocenters. The summed E-state index contributed by atoms with van der Waals surface area (Å²) in [5, 5.41) is 6.10. The zero-order valence-electron chi connectivity index (χ0n) is 17.1. The number of hydrazine groups is 2. The monoisotopic (exact) mass is 464 g/mol. The number of fused-ring (bicyclic) bond motifs is 1. The first-order valence-corrected chi connectivity index (χ1v) is 10.5. The standard InChI is InChI=1S/C21H26Cl2N6O2/c1-30-26-12-15-10-14-11-16(31-13-17-18(22)4-2-5-19(17)23)7-8-20(14)29(15)9-3-6-21(27-24)28-25/h2,4-5,7-8,10-12,21,27-28H,3,6,9,13,24-25H2,1H3/b26-12+. The molecule has 0 saturated carbocycles. The van der Waals surface area contributed by atoms with Crippen LogP contribution in [0.25, 0.3) is 10.9 Å². The molecule has 1 aromatic heterocycles. The van der Waals surface area contributed by atoms with E-state index in [1.807, 2.05) is 24.3 Å². The Hall–Kier alpha value is -2.33. The Labute approximate surface area is 191 Å². The number of hydrogen-bond donors (Lipinski definition) is 4. The van der Waals surface area contributed by atoms with Crippen LogP contribution in [0.1, 0.15) is 24.1 Å². The van der Waals surface area contributed by atoms with Gasteiger partial charge >= 0.3 is 0 Å². The summed E-state index contributed by atoms with van der Waals surface area (Å²) < 4.78 is 8.12. The number of aryl methyl sites for hydroxylation is 1. The van der Waals surface area contributed by atoms with Crippen LogP contribution in [0.15, 0.2) is 47.6 Å². The summed E-state index contributed by atoms with van der Waals surface area (Å²) in [4.78, 5) is 4.86. The summed E-state index contributed by atoms with van der Waals surface area (Å²) in [7, 11) is 1.51. The zero-order chi connectivity index (χ0) is 22.2. The van der Waals surface area contributed by atoms with E-state index in [-0.39, 0.29) is 12.8 Å². The van der Waals surface area contributed by atoms with Gasteiger partial charge in [0.25, 0.3) is 0 Å². The van der Waals surface area contributed by atoms with Crippen LogP contribution < -0.4 is 27.3 Å². The fourth-order valence-electron chi connectivity index (χ4n) is 3.32. The van der Waals surface area contributed by atoms with Crippen molar-refractivity contribution in [2.75, 3.05) is 7.11 Å². The maximum atomic E-state index is 6.24. The summed E-state index contributed by atoms with van der Waals surface area (Å²) in [5.41, 5.74) is 8.00. The molecule has 10 heteroatoms. The van der Waals surface area contributed by atoms with Crippen LogP contribution in [0.4, 0.5) is 0 Å². The largest absolute Gasteiger partial charge is 0.489 e. The smallest absolute Gasteiger partial charge is 0.120 e. The Morgan fingerprint density at radius 3 is 2.55 bits per heavy atom. The van der Waals surface area contributed by atoms with Crippen molar-refractivity contribution < 1.29 is 9.57 Å². The average Bonchev–Trinajstić information content (AvgIpc) is 3.11. The fourth-order valence-corrected chi connectivity index (χ4v) is 3.82. The molecular weight excluding hydrogens is 439 g/mol. The second kappa shape index (κ2) is 11.3. The van der Waals surface area contributed by atoms with E-state index in [0.717, 1.165) is 47.3 Å². The minimum atomic E-state index is -0.158. The molecule has 31 heavy (non-hydrogen) atoms. The number of rotatable bonds is 11. The maximum absolute atomic E-state index is 6.24. The fraction of sp³-hybridized carbons (Fsp3) is 0.286. The van der Waals surface area contributed by atoms with Gasteiger partial charge in [-0.05, 0) is 49.2 Å². The first-order valence-electron chi connectivity index (χ1n) is 9.75. The van der Waals surface area contributed by atoms with E-state index in [4.69, 9.17) is 44.5 Å². The topological polar surface area (TPSA) is 112 Å². The maximum Gasteiger partial charge on any atom is 0.120 e. The van der Waals surface area contributed by atoms with Crippen LogP contribution in [-0.4, -0.2) is 24.1 Å². The molecule has 0 saturated heterocycles. The Bertz CT molecular complexity index is 1020. The first-order chi connectivity index (χ1) is 15.1. The van der Waals surface area contributed by atoms with Crippen molar-refractivity contribution in [3.05, 3.63) is 63.8 Å². The summed E-state index contributed by atoms with van der Waals surface area (Å²) in [6.07, 6.45) is 3.13. The molecule has 6 N–H and O–H groups in total. The Morgan fingerprint density at radius 2 is 1.87 bits per heavy atom. The molecule has 8 nitrogen and oxygen atoms in total. The predicted octanol–water partition coefficient (Wildman–Crippen LogP) is 3.54. The first kappa shape index (κ1) is 23.3. The third-order valence-electron chi connectivity index (χ3n) is 4.92. The Morgan fingerprint density at radius 1 is 1.13 bits per heavy atom. The number of nitrogens with two attached hydrogens (primary N) is 2. The molecule has 3 rings (SSSR count). The second-order valence-electron chi connectivity index (χ2n) is 6.88. The molecule has 0 unspecified atom stereocenters. The number of hydrogen-bond acceptors (Lipinski definition) is 7. The number of halogens is 2. The van der Waals surface area contributed by atoms with Gasteiger partial charge in [0.1, 0.15) is 19.5 Å². The van der Waals surface area contributed by atoms with Gasteiger partial charge in [0.05, 0.1) is 18.1 Å². The summed E-state index contributed by atoms with van der Waals surface area (Å²) in [5.74, 6) is 11.7. The molecule has 0 aliphatic carbocycles. The highest BCUT2D eigenvalue weighted by Crippen LogP contribution is 2.28. The molecule has 0 amide bonds. The van der Waals surface area contributed by atoms with Gasteiger partial charge in [0.15, 0.2) is 0 Å². The Kier molecular flexibility index (Phi) is 8.53. The lowest BCUT2D eigenvalue weighted by molar-refractivity contribution is 0.215. The highest BCUT2D eigenvalue weighted by atomic mass is 35.5. The number of ether oxygens (including phenoxy) is 1. The van der Waals surface area contributed by atoms with Gasteiger partial charge < -0.3 is 14.1 Å². The molecule has 0 radical (unpaired) electrons. The number of aromatic nitrogens is 1. The van der Waals surface area contributed by atoms with E-state index in [9.17, 15) is 0 Å². The lowest BCUT2D eigenvalue weighted by Gasteiger charge is -2.15. The molecule has 1 heterocycles. The molecule has 166 valence electrons. The van der Waals surface area contributed by atoms with Gasteiger partial charge in [0.2, 0.25) is 0 Å². The van der Waals surface area contributed by atoms with E-state index in [0.29, 0.717) is 10.0 Å². The van der Waals surface area contributed by atoms with E-state index in [1.54, 1.807) is 24.4 Å². The van der Waals surface area contributed by atoms with E-state index < -0.39 is 0 Å². The van der Waals surface area contributed by atoms with Gasteiger partial charge in [-0.3, -0.25) is 11.7 Å². The molecular formula is C21H26Cl2N6O2. The molecule has 2 aromatic carbocycles. The molecule has 3 aromatic rings. The second-order valence-corrected chi connectivity index (χ2v) is 7.69. The highest BCUT2D eigenvalue weighted by molar-refractivity contribution is 6.35. The van der Waals surface area contributed by atoms with Crippen molar-refractivity contribution in [3.63, 3.8) is 0 Å². The minimum Gasteiger partial charge on any atom is -0.489 e. The number of nitrogens with one attached hydrogen (secondary N) is 2. The van der Waals surface area contributed by atoms with Crippen molar-refractivity contribution in [1.29, 1.82) is 0 Å². The van der Waals surface area contributed by atoms with Crippen LogP contribution >= 0.6 is 23.2 Å². The SMILES string of the molecule is CO/N=C/c1cc2cc(OCc3c(Cl)cccc3Cl)ccc2n1CCCC(NN)NN. The number of oxime groups is 1. The van der Waals surface area contributed by atoms with Crippen LogP contribution in [0.5, 0.6) is 5.75 Å². The Balaban J connectivity index is 1.80. The number of nitrogens with zero attached hydrogens (tertiary/aromatic N) is 2. The van der Waals surface area contributed by atoms with Crippen molar-refractivity contribution in [2.45, 2.75) is 32.2 Å². The van der Waals surface area contributed by atoms with Crippen molar-refractivity contribution in [3.8, 4) is 5.75 Å². The quantitative estimate of drug-likeness (QED) is 0.149. The summed E-state index contributed by atoms with van der Waals surface area (Å²) in [6.45, 7) is 1.03. The van der Waals surface area contributed by atoms with Gasteiger partial charge in [-0.2, -0.15) is 0 Å². The predicted molar refractivity (Wildman–Crippen MR) is 125 cm³/mol. The van der Waals surface area contributed by atoms with Crippen LogP contribution in [0, 0.1) is 0 Å². The average molecular weight is 465 g/mol. The van der Waals surface area contributed by atoms with E-state index in [1.165, 1.54) is 7.11 Å². The highest BCUT2D eigenvalue weighted by Gasteiger charge is 2.11. The van der Waals surface area contributed by atoms with Crippen LogP contribution in [0.2, 0.25) is 10.0 Å². The van der Waals surface area contributed by atoms with Crippen LogP contribution in [-0.2, 0) is 18.0 Å². The zero-order valence-corrected chi connectivity index (χ0v) is 18.7. The molecule has 0 fully saturated rings. The van der Waals surface area contributed by atoms with E-state index in [2.05, 4.69) is 20.6 Å². The van der Waals surface area contributed by atoms with Crippen LogP contribution in [0.3, 0.4) is 0 Å². The molecule has 0 spiro atoms. The van der Waals surface area contributed by atoms with Crippen molar-refractivity contribution >= 4 is 40.3 Å². The van der Waals surface area contributed by atoms with E-state index >= 15 is 0 Å². The lowest BCUT2D eigenvalue weighted by Crippen LogP contribution is -2.49. The minimum absolute atomic E-state index is 0.158. The molecule has 0 bridgehead atoms.